The second-order valence-corrected chi connectivity index (χ2v) is 5.87. The maximum absolute atomic E-state index is 12.5. The second kappa shape index (κ2) is 7.79. The average molecular weight is 343 g/mol. The zero-order valence-electron chi connectivity index (χ0n) is 14.6. The fourth-order valence-corrected chi connectivity index (χ4v) is 2.55. The van der Waals surface area contributed by atoms with Crippen LogP contribution in [-0.2, 0) is 9.59 Å². The van der Waals surface area contributed by atoms with Crippen molar-refractivity contribution in [1.82, 2.24) is 4.90 Å². The summed E-state index contributed by atoms with van der Waals surface area (Å²) in [5, 5.41) is 8.63. The third kappa shape index (κ3) is 3.97. The smallest absolute Gasteiger partial charge is 0.268 e. The van der Waals surface area contributed by atoms with Crippen molar-refractivity contribution in [1.29, 1.82) is 5.26 Å². The van der Waals surface area contributed by atoms with Gasteiger partial charge in [0.25, 0.3) is 5.91 Å². The van der Waals surface area contributed by atoms with Crippen LogP contribution in [-0.4, -0.2) is 48.7 Å². The molecule has 1 unspecified atom stereocenters. The Bertz CT molecular complexity index is 738. The van der Waals surface area contributed by atoms with E-state index in [1.165, 1.54) is 9.80 Å². The summed E-state index contributed by atoms with van der Waals surface area (Å²) in [4.78, 5) is 39.6. The number of ketones is 1. The summed E-state index contributed by atoms with van der Waals surface area (Å²) in [6.45, 7) is 3.51. The first-order chi connectivity index (χ1) is 11.9. The van der Waals surface area contributed by atoms with Gasteiger partial charge >= 0.3 is 0 Å². The first kappa shape index (κ1) is 18.5. The molecule has 0 spiro atoms. The van der Waals surface area contributed by atoms with Crippen LogP contribution < -0.4 is 9.64 Å². The molecule has 7 nitrogen and oxygen atoms in total. The van der Waals surface area contributed by atoms with Gasteiger partial charge in [-0.15, -0.1) is 0 Å². The first-order valence-electron chi connectivity index (χ1n) is 8.15. The minimum atomic E-state index is -0.711. The molecule has 2 amide bonds. The van der Waals surface area contributed by atoms with Crippen LogP contribution in [0.15, 0.2) is 18.2 Å². The summed E-state index contributed by atoms with van der Waals surface area (Å²) < 4.78 is 5.58. The summed E-state index contributed by atoms with van der Waals surface area (Å²) in [5.74, 6) is -0.204. The summed E-state index contributed by atoms with van der Waals surface area (Å²) in [5.41, 5.74) is 0.895. The number of hydrogen-bond donors (Lipinski definition) is 0. The Morgan fingerprint density at radius 3 is 2.76 bits per heavy atom. The molecule has 0 saturated carbocycles. The lowest BCUT2D eigenvalue weighted by Crippen LogP contribution is -2.49. The number of Topliss-reactive ketones (excluding diaryl/α,β-unsaturated/α-hetero) is 1. The van der Waals surface area contributed by atoms with Crippen molar-refractivity contribution < 1.29 is 19.1 Å². The molecule has 0 bridgehead atoms. The van der Waals surface area contributed by atoms with Gasteiger partial charge in [-0.2, -0.15) is 5.26 Å². The molecule has 7 heteroatoms. The monoisotopic (exact) mass is 343 g/mol. The largest absolute Gasteiger partial charge is 0.479 e. The Labute approximate surface area is 146 Å². The van der Waals surface area contributed by atoms with E-state index in [0.29, 0.717) is 30.0 Å². The van der Waals surface area contributed by atoms with Crippen molar-refractivity contribution in [3.8, 4) is 11.8 Å². The van der Waals surface area contributed by atoms with E-state index >= 15 is 0 Å². The van der Waals surface area contributed by atoms with E-state index in [-0.39, 0.29) is 30.6 Å². The fraction of sp³-hybridized carbons (Fsp3) is 0.444. The van der Waals surface area contributed by atoms with Crippen LogP contribution in [0.4, 0.5) is 5.69 Å². The Kier molecular flexibility index (Phi) is 5.75. The van der Waals surface area contributed by atoms with Crippen molar-refractivity contribution in [3.05, 3.63) is 23.8 Å². The Morgan fingerprint density at radius 1 is 1.40 bits per heavy atom. The van der Waals surface area contributed by atoms with Gasteiger partial charge in [0.2, 0.25) is 5.91 Å². The van der Waals surface area contributed by atoms with E-state index in [9.17, 15) is 14.4 Å². The van der Waals surface area contributed by atoms with Crippen LogP contribution in [0.2, 0.25) is 0 Å². The number of fused-ring (bicyclic) bond motifs is 1. The number of hydrogen-bond acceptors (Lipinski definition) is 5. The van der Waals surface area contributed by atoms with E-state index in [1.807, 2.05) is 6.07 Å². The van der Waals surface area contributed by atoms with Gasteiger partial charge in [-0.1, -0.05) is 6.92 Å². The lowest BCUT2D eigenvalue weighted by atomic mass is 10.1. The first-order valence-corrected chi connectivity index (χ1v) is 8.15. The Hall–Kier alpha value is -2.88. The molecule has 1 aliphatic heterocycles. The molecule has 1 aromatic rings. The summed E-state index contributed by atoms with van der Waals surface area (Å²) in [7, 11) is 1.59. The maximum Gasteiger partial charge on any atom is 0.268 e. The van der Waals surface area contributed by atoms with E-state index in [4.69, 9.17) is 10.00 Å². The van der Waals surface area contributed by atoms with Gasteiger partial charge in [-0.25, -0.2) is 0 Å². The third-order valence-corrected chi connectivity index (χ3v) is 4.09. The van der Waals surface area contributed by atoms with E-state index in [0.717, 1.165) is 0 Å². The number of benzene rings is 1. The SMILES string of the molecule is CCC(=O)c1ccc2c(c1)N(CC(=O)N(C)CCC#N)C(=O)C(C)O2. The molecule has 0 aliphatic carbocycles. The van der Waals surface area contributed by atoms with Crippen molar-refractivity contribution in [2.24, 2.45) is 0 Å². The van der Waals surface area contributed by atoms with E-state index < -0.39 is 6.10 Å². The number of amides is 2. The Morgan fingerprint density at radius 2 is 2.12 bits per heavy atom. The molecule has 25 heavy (non-hydrogen) atoms. The number of rotatable bonds is 6. The molecule has 0 radical (unpaired) electrons. The molecule has 0 aromatic heterocycles. The lowest BCUT2D eigenvalue weighted by molar-refractivity contribution is -0.132. The van der Waals surface area contributed by atoms with Gasteiger partial charge < -0.3 is 9.64 Å². The van der Waals surface area contributed by atoms with Crippen LogP contribution >= 0.6 is 0 Å². The number of carbonyl (C=O) groups excluding carboxylic acids is 3. The molecular formula is C18H21N3O4. The predicted octanol–water partition coefficient (Wildman–Crippen LogP) is 1.77. The van der Waals surface area contributed by atoms with Gasteiger partial charge in [0.15, 0.2) is 11.9 Å². The Balaban J connectivity index is 2.31. The molecule has 1 aliphatic rings. The highest BCUT2D eigenvalue weighted by Gasteiger charge is 2.33. The summed E-state index contributed by atoms with van der Waals surface area (Å²) in [6.07, 6.45) is -0.140. The average Bonchev–Trinajstić information content (AvgIpc) is 2.62. The standard InChI is InChI=1S/C18H21N3O4/c1-4-15(22)13-6-7-16-14(10-13)21(18(24)12(2)25-16)11-17(23)20(3)9-5-8-19/h6-7,10,12H,4-5,9,11H2,1-3H3. The highest BCUT2D eigenvalue weighted by Crippen LogP contribution is 2.35. The molecule has 1 heterocycles. The highest BCUT2D eigenvalue weighted by atomic mass is 16.5. The van der Waals surface area contributed by atoms with Crippen LogP contribution in [0.1, 0.15) is 37.0 Å². The van der Waals surface area contributed by atoms with Crippen LogP contribution in [0, 0.1) is 11.3 Å². The number of nitrogens with zero attached hydrogens (tertiary/aromatic N) is 3. The van der Waals surface area contributed by atoms with E-state index in [1.54, 1.807) is 39.1 Å². The predicted molar refractivity (Wildman–Crippen MR) is 91.4 cm³/mol. The summed E-state index contributed by atoms with van der Waals surface area (Å²) >= 11 is 0. The van der Waals surface area contributed by atoms with Crippen molar-refractivity contribution in [2.75, 3.05) is 25.0 Å². The number of anilines is 1. The van der Waals surface area contributed by atoms with E-state index in [2.05, 4.69) is 0 Å². The van der Waals surface area contributed by atoms with Gasteiger partial charge in [0.05, 0.1) is 18.2 Å². The van der Waals surface area contributed by atoms with Crippen molar-refractivity contribution >= 4 is 23.3 Å². The van der Waals surface area contributed by atoms with Crippen LogP contribution in [0.25, 0.3) is 0 Å². The molecule has 0 saturated heterocycles. The van der Waals surface area contributed by atoms with Gasteiger partial charge in [0, 0.05) is 25.6 Å². The van der Waals surface area contributed by atoms with Crippen LogP contribution in [0.3, 0.4) is 0 Å². The second-order valence-electron chi connectivity index (χ2n) is 5.87. The molecule has 0 fully saturated rings. The molecule has 1 atom stereocenters. The molecule has 0 N–H and O–H groups in total. The van der Waals surface area contributed by atoms with Crippen molar-refractivity contribution in [2.45, 2.75) is 32.8 Å². The zero-order chi connectivity index (χ0) is 18.6. The zero-order valence-corrected chi connectivity index (χ0v) is 14.6. The van der Waals surface area contributed by atoms with Crippen LogP contribution in [0.5, 0.6) is 5.75 Å². The minimum absolute atomic E-state index is 0.0497. The minimum Gasteiger partial charge on any atom is -0.479 e. The normalized spacial score (nSPS) is 15.8. The van der Waals surface area contributed by atoms with Gasteiger partial charge in [0.1, 0.15) is 12.3 Å². The quantitative estimate of drug-likeness (QED) is 0.734. The van der Waals surface area contributed by atoms with Crippen molar-refractivity contribution in [3.63, 3.8) is 0 Å². The molecule has 1 aromatic carbocycles. The molecular weight excluding hydrogens is 322 g/mol. The number of likely N-dealkylation sites (N-methyl/N-ethyl adjacent to an activating group) is 1. The number of carbonyl (C=O) groups is 3. The van der Waals surface area contributed by atoms with Gasteiger partial charge in [-0.05, 0) is 25.1 Å². The topological polar surface area (TPSA) is 90.7 Å². The molecule has 132 valence electrons. The number of ether oxygens (including phenoxy) is 1. The molecule has 2 rings (SSSR count). The fourth-order valence-electron chi connectivity index (χ4n) is 2.55. The maximum atomic E-state index is 12.5. The summed E-state index contributed by atoms with van der Waals surface area (Å²) in [6, 6.07) is 6.88. The number of nitriles is 1. The van der Waals surface area contributed by atoms with Gasteiger partial charge in [-0.3, -0.25) is 19.3 Å². The third-order valence-electron chi connectivity index (χ3n) is 4.09. The lowest BCUT2D eigenvalue weighted by Gasteiger charge is -2.33. The highest BCUT2D eigenvalue weighted by molar-refractivity contribution is 6.05.